The summed E-state index contributed by atoms with van der Waals surface area (Å²) < 4.78 is 30.9. The standard InChI is InChI=1S/C21H18N4O5S/c1-13-9-10-15(30-31(28,29)16-7-5-4-6-8-16)11-18(13)23-24-19-14(2)17(12-22)20(26)25(3)21(19)27/h4-11,26H,1-3H3. The van der Waals surface area contributed by atoms with Crippen LogP contribution in [0.25, 0.3) is 0 Å². The Hall–Kier alpha value is -3.97. The average molecular weight is 438 g/mol. The van der Waals surface area contributed by atoms with Crippen LogP contribution in [-0.2, 0) is 17.2 Å². The molecule has 2 aromatic carbocycles. The van der Waals surface area contributed by atoms with E-state index in [4.69, 9.17) is 4.18 Å². The van der Waals surface area contributed by atoms with Gasteiger partial charge in [0.2, 0.25) is 5.88 Å². The zero-order valence-corrected chi connectivity index (χ0v) is 17.7. The van der Waals surface area contributed by atoms with Crippen LogP contribution >= 0.6 is 0 Å². The van der Waals surface area contributed by atoms with Crippen molar-refractivity contribution < 1.29 is 17.7 Å². The Morgan fingerprint density at radius 3 is 2.42 bits per heavy atom. The van der Waals surface area contributed by atoms with Gasteiger partial charge in [0.15, 0.2) is 5.69 Å². The maximum atomic E-state index is 12.4. The molecule has 0 radical (unpaired) electrons. The normalized spacial score (nSPS) is 11.4. The van der Waals surface area contributed by atoms with Crippen molar-refractivity contribution >= 4 is 21.5 Å². The van der Waals surface area contributed by atoms with Gasteiger partial charge in [-0.2, -0.15) is 13.7 Å². The predicted octanol–water partition coefficient (Wildman–Crippen LogP) is 3.76. The fourth-order valence-electron chi connectivity index (χ4n) is 2.74. The molecule has 0 saturated heterocycles. The molecular weight excluding hydrogens is 420 g/mol. The SMILES string of the molecule is Cc1ccc(OS(=O)(=O)c2ccccc2)cc1N=Nc1c(C)c(C#N)c(O)n(C)c1=O. The van der Waals surface area contributed by atoms with Crippen molar-refractivity contribution in [1.29, 1.82) is 5.26 Å². The molecule has 0 aliphatic carbocycles. The zero-order valence-electron chi connectivity index (χ0n) is 16.9. The topological polar surface area (TPSA) is 134 Å². The molecule has 1 N–H and O–H groups in total. The number of rotatable bonds is 5. The summed E-state index contributed by atoms with van der Waals surface area (Å²) in [7, 11) is -2.72. The van der Waals surface area contributed by atoms with Crippen molar-refractivity contribution in [1.82, 2.24) is 4.57 Å². The largest absolute Gasteiger partial charge is 0.493 e. The highest BCUT2D eigenvalue weighted by molar-refractivity contribution is 7.87. The summed E-state index contributed by atoms with van der Waals surface area (Å²) in [6.45, 7) is 3.21. The number of nitriles is 1. The highest BCUT2D eigenvalue weighted by Gasteiger charge is 2.18. The first-order valence-corrected chi connectivity index (χ1v) is 10.4. The molecule has 0 atom stereocenters. The van der Waals surface area contributed by atoms with Crippen molar-refractivity contribution in [2.24, 2.45) is 17.3 Å². The van der Waals surface area contributed by atoms with Gasteiger partial charge in [-0.05, 0) is 37.6 Å². The molecule has 1 aromatic heterocycles. The Morgan fingerprint density at radius 2 is 1.77 bits per heavy atom. The van der Waals surface area contributed by atoms with Crippen LogP contribution in [-0.4, -0.2) is 18.1 Å². The first-order valence-electron chi connectivity index (χ1n) is 9.00. The minimum absolute atomic E-state index is 0.00555. The van der Waals surface area contributed by atoms with Gasteiger partial charge in [0.1, 0.15) is 22.3 Å². The summed E-state index contributed by atoms with van der Waals surface area (Å²) in [6.07, 6.45) is 0. The number of hydrogen-bond acceptors (Lipinski definition) is 8. The van der Waals surface area contributed by atoms with Crippen LogP contribution in [0.3, 0.4) is 0 Å². The van der Waals surface area contributed by atoms with Gasteiger partial charge in [0.25, 0.3) is 5.56 Å². The molecule has 0 fully saturated rings. The first kappa shape index (κ1) is 21.7. The van der Waals surface area contributed by atoms with Gasteiger partial charge in [0, 0.05) is 18.7 Å². The van der Waals surface area contributed by atoms with E-state index in [0.29, 0.717) is 5.56 Å². The molecule has 9 nitrogen and oxygen atoms in total. The molecule has 1 heterocycles. The van der Waals surface area contributed by atoms with E-state index in [1.54, 1.807) is 31.2 Å². The fraction of sp³-hybridized carbons (Fsp3) is 0.143. The summed E-state index contributed by atoms with van der Waals surface area (Å²) in [5.74, 6) is -0.432. The van der Waals surface area contributed by atoms with Crippen molar-refractivity contribution in [3.63, 3.8) is 0 Å². The molecule has 0 saturated carbocycles. The number of aromatic nitrogens is 1. The smallest absolute Gasteiger partial charge is 0.339 e. The second-order valence-electron chi connectivity index (χ2n) is 6.65. The molecule has 10 heteroatoms. The Morgan fingerprint density at radius 1 is 1.10 bits per heavy atom. The van der Waals surface area contributed by atoms with E-state index in [1.807, 2.05) is 6.07 Å². The minimum atomic E-state index is -4.03. The van der Waals surface area contributed by atoms with Crippen molar-refractivity contribution in [3.05, 3.63) is 75.6 Å². The number of aromatic hydroxyl groups is 1. The second-order valence-corrected chi connectivity index (χ2v) is 8.19. The monoisotopic (exact) mass is 438 g/mol. The van der Waals surface area contributed by atoms with Gasteiger partial charge in [-0.25, -0.2) is 0 Å². The number of benzene rings is 2. The predicted molar refractivity (Wildman–Crippen MR) is 112 cm³/mol. The van der Waals surface area contributed by atoms with Crippen molar-refractivity contribution in [2.45, 2.75) is 18.7 Å². The van der Waals surface area contributed by atoms with Crippen LogP contribution in [0.4, 0.5) is 11.4 Å². The van der Waals surface area contributed by atoms with E-state index < -0.39 is 21.6 Å². The van der Waals surface area contributed by atoms with Crippen LogP contribution in [0, 0.1) is 25.2 Å². The molecule has 0 bridgehead atoms. The summed E-state index contributed by atoms with van der Waals surface area (Å²) in [6, 6.07) is 14.0. The van der Waals surface area contributed by atoms with E-state index >= 15 is 0 Å². The molecule has 158 valence electrons. The Labute approximate surface area is 178 Å². The zero-order chi connectivity index (χ0) is 22.8. The van der Waals surface area contributed by atoms with Gasteiger partial charge in [-0.3, -0.25) is 9.36 Å². The third-order valence-corrected chi connectivity index (χ3v) is 5.83. The average Bonchev–Trinajstić information content (AvgIpc) is 2.75. The molecule has 0 aliphatic rings. The van der Waals surface area contributed by atoms with E-state index in [0.717, 1.165) is 4.57 Å². The van der Waals surface area contributed by atoms with E-state index in [2.05, 4.69) is 10.2 Å². The molecule has 3 aromatic rings. The lowest BCUT2D eigenvalue weighted by molar-refractivity contribution is 0.421. The maximum Gasteiger partial charge on any atom is 0.339 e. The lowest BCUT2D eigenvalue weighted by Crippen LogP contribution is -2.18. The van der Waals surface area contributed by atoms with E-state index in [1.165, 1.54) is 38.2 Å². The number of hydrogen-bond donors (Lipinski definition) is 1. The Balaban J connectivity index is 2.00. The van der Waals surface area contributed by atoms with Crippen LogP contribution in [0.5, 0.6) is 11.6 Å². The molecule has 0 unspecified atom stereocenters. The summed E-state index contributed by atoms with van der Waals surface area (Å²) >= 11 is 0. The summed E-state index contributed by atoms with van der Waals surface area (Å²) in [5.41, 5.74) is 0.284. The van der Waals surface area contributed by atoms with Gasteiger partial charge >= 0.3 is 10.1 Å². The quantitative estimate of drug-likeness (QED) is 0.476. The van der Waals surface area contributed by atoms with Gasteiger partial charge in [-0.15, -0.1) is 10.2 Å². The lowest BCUT2D eigenvalue weighted by atomic mass is 10.1. The van der Waals surface area contributed by atoms with Crippen molar-refractivity contribution in [3.8, 4) is 17.7 Å². The first-order chi connectivity index (χ1) is 14.7. The van der Waals surface area contributed by atoms with E-state index in [9.17, 15) is 23.6 Å². The van der Waals surface area contributed by atoms with Crippen LogP contribution in [0.1, 0.15) is 16.7 Å². The highest BCUT2D eigenvalue weighted by atomic mass is 32.2. The van der Waals surface area contributed by atoms with Crippen LogP contribution < -0.4 is 9.74 Å². The second kappa shape index (κ2) is 8.41. The van der Waals surface area contributed by atoms with Crippen LogP contribution in [0.2, 0.25) is 0 Å². The number of nitrogens with zero attached hydrogens (tertiary/aromatic N) is 4. The lowest BCUT2D eigenvalue weighted by Gasteiger charge is -2.09. The third-order valence-electron chi connectivity index (χ3n) is 4.57. The molecule has 31 heavy (non-hydrogen) atoms. The van der Waals surface area contributed by atoms with Gasteiger partial charge < -0.3 is 9.29 Å². The minimum Gasteiger partial charge on any atom is -0.493 e. The number of aryl methyl sites for hydroxylation is 1. The Bertz CT molecular complexity index is 1390. The van der Waals surface area contributed by atoms with Crippen molar-refractivity contribution in [2.75, 3.05) is 0 Å². The fourth-order valence-corrected chi connectivity index (χ4v) is 3.68. The molecule has 3 rings (SSSR count). The van der Waals surface area contributed by atoms with Gasteiger partial charge in [-0.1, -0.05) is 24.3 Å². The molecule has 0 spiro atoms. The highest BCUT2D eigenvalue weighted by Crippen LogP contribution is 2.30. The number of azo groups is 1. The Kier molecular flexibility index (Phi) is 5.90. The van der Waals surface area contributed by atoms with Crippen LogP contribution in [0.15, 0.2) is 68.4 Å². The molecular formula is C21H18N4O5S. The summed E-state index contributed by atoms with van der Waals surface area (Å²) in [4.78, 5) is 12.4. The third kappa shape index (κ3) is 4.31. The van der Waals surface area contributed by atoms with E-state index in [-0.39, 0.29) is 33.1 Å². The maximum absolute atomic E-state index is 12.4. The van der Waals surface area contributed by atoms with Gasteiger partial charge in [0.05, 0.1) is 5.69 Å². The number of pyridine rings is 1. The molecule has 0 amide bonds. The summed E-state index contributed by atoms with van der Waals surface area (Å²) in [5, 5.41) is 27.2. The molecule has 0 aliphatic heterocycles.